The zero-order chi connectivity index (χ0) is 12.5. The largest absolute Gasteiger partial charge is 0.305 e. The van der Waals surface area contributed by atoms with Gasteiger partial charge in [0.05, 0.1) is 5.56 Å². The van der Waals surface area contributed by atoms with Crippen LogP contribution in [-0.2, 0) is 0 Å². The number of pyridine rings is 1. The van der Waals surface area contributed by atoms with Gasteiger partial charge in [-0.25, -0.2) is 0 Å². The van der Waals surface area contributed by atoms with Gasteiger partial charge in [-0.05, 0) is 24.5 Å². The Morgan fingerprint density at radius 1 is 1.56 bits per heavy atom. The summed E-state index contributed by atoms with van der Waals surface area (Å²) in [4.78, 5) is 15.8. The summed E-state index contributed by atoms with van der Waals surface area (Å²) in [5.74, 6) is 1.66. The normalized spacial score (nSPS) is 21.6. The number of carbonyl (C=O) groups is 1. The maximum Gasteiger partial charge on any atom is 0.258 e. The summed E-state index contributed by atoms with van der Waals surface area (Å²) < 4.78 is 0. The van der Waals surface area contributed by atoms with Crippen LogP contribution in [0.2, 0.25) is 0 Å². The van der Waals surface area contributed by atoms with E-state index < -0.39 is 0 Å². The molecule has 1 amide bonds. The van der Waals surface area contributed by atoms with E-state index in [1.165, 1.54) is 12.6 Å². The first kappa shape index (κ1) is 11.0. The number of aromatic nitrogens is 3. The Balaban J connectivity index is 1.69. The van der Waals surface area contributed by atoms with Crippen molar-refractivity contribution in [1.29, 1.82) is 0 Å². The average Bonchev–Trinajstić information content (AvgIpc) is 2.94. The molecule has 2 atom stereocenters. The summed E-state index contributed by atoms with van der Waals surface area (Å²) in [6, 6.07) is 5.36. The number of H-pyrrole nitrogens is 1. The van der Waals surface area contributed by atoms with Crippen molar-refractivity contribution in [3.63, 3.8) is 0 Å². The number of anilines is 1. The van der Waals surface area contributed by atoms with E-state index in [1.54, 1.807) is 18.3 Å². The van der Waals surface area contributed by atoms with Crippen LogP contribution >= 0.6 is 0 Å². The Kier molecular flexibility index (Phi) is 2.59. The molecule has 0 aromatic carbocycles. The molecule has 5 nitrogen and oxygen atoms in total. The van der Waals surface area contributed by atoms with E-state index >= 15 is 0 Å². The van der Waals surface area contributed by atoms with Crippen LogP contribution in [0.25, 0.3) is 0 Å². The number of hydrogen-bond acceptors (Lipinski definition) is 3. The van der Waals surface area contributed by atoms with Gasteiger partial charge in [-0.1, -0.05) is 6.92 Å². The molecule has 0 bridgehead atoms. The Morgan fingerprint density at radius 3 is 3.06 bits per heavy atom. The third-order valence-electron chi connectivity index (χ3n) is 3.27. The van der Waals surface area contributed by atoms with Crippen molar-refractivity contribution in [2.45, 2.75) is 19.3 Å². The quantitative estimate of drug-likeness (QED) is 0.866. The minimum Gasteiger partial charge on any atom is -0.305 e. The van der Waals surface area contributed by atoms with E-state index in [4.69, 9.17) is 0 Å². The topological polar surface area (TPSA) is 70.7 Å². The zero-order valence-electron chi connectivity index (χ0n) is 10.1. The predicted molar refractivity (Wildman–Crippen MR) is 67.3 cm³/mol. The van der Waals surface area contributed by atoms with Gasteiger partial charge in [-0.15, -0.1) is 0 Å². The fourth-order valence-corrected chi connectivity index (χ4v) is 2.03. The lowest BCUT2D eigenvalue weighted by molar-refractivity contribution is 0.102. The third-order valence-corrected chi connectivity index (χ3v) is 3.27. The van der Waals surface area contributed by atoms with Gasteiger partial charge in [0.25, 0.3) is 5.91 Å². The monoisotopic (exact) mass is 242 g/mol. The van der Waals surface area contributed by atoms with Crippen LogP contribution in [0.4, 0.5) is 5.82 Å². The van der Waals surface area contributed by atoms with Gasteiger partial charge in [0.2, 0.25) is 0 Å². The highest BCUT2D eigenvalue weighted by atomic mass is 16.1. The fraction of sp³-hybridized carbons (Fsp3) is 0.308. The van der Waals surface area contributed by atoms with E-state index in [0.29, 0.717) is 23.2 Å². The number of aromatic amines is 1. The maximum absolute atomic E-state index is 11.9. The molecule has 5 heteroatoms. The van der Waals surface area contributed by atoms with Crippen LogP contribution in [0.3, 0.4) is 0 Å². The maximum atomic E-state index is 11.9. The Hall–Kier alpha value is -2.17. The van der Waals surface area contributed by atoms with E-state index in [9.17, 15) is 4.79 Å². The second-order valence-electron chi connectivity index (χ2n) is 4.72. The molecule has 3 rings (SSSR count). The molecule has 0 aliphatic heterocycles. The average molecular weight is 242 g/mol. The minimum atomic E-state index is -0.190. The molecule has 1 aliphatic rings. The standard InChI is InChI=1S/C13H14N4O/c1-8-5-10(8)11-6-12(17-16-11)15-13(18)9-3-2-4-14-7-9/h2-4,6-8,10H,5H2,1H3,(H2,15,16,17,18)/t8-,10-/m1/s1. The molecule has 2 aromatic rings. The molecule has 18 heavy (non-hydrogen) atoms. The van der Waals surface area contributed by atoms with Gasteiger partial charge in [0.1, 0.15) is 0 Å². The molecule has 0 spiro atoms. The Labute approximate surface area is 105 Å². The summed E-state index contributed by atoms with van der Waals surface area (Å²) in [6.07, 6.45) is 4.36. The van der Waals surface area contributed by atoms with Gasteiger partial charge >= 0.3 is 0 Å². The lowest BCUT2D eigenvalue weighted by Gasteiger charge is -1.99. The van der Waals surface area contributed by atoms with Crippen molar-refractivity contribution in [1.82, 2.24) is 15.2 Å². The van der Waals surface area contributed by atoms with Crippen molar-refractivity contribution in [3.8, 4) is 0 Å². The Bertz CT molecular complexity index is 563. The predicted octanol–water partition coefficient (Wildman–Crippen LogP) is 2.18. The van der Waals surface area contributed by atoms with Crippen LogP contribution in [0, 0.1) is 5.92 Å². The second-order valence-corrected chi connectivity index (χ2v) is 4.72. The van der Waals surface area contributed by atoms with Crippen molar-refractivity contribution >= 4 is 11.7 Å². The van der Waals surface area contributed by atoms with E-state index in [0.717, 1.165) is 5.69 Å². The number of carbonyl (C=O) groups excluding carboxylic acids is 1. The first-order chi connectivity index (χ1) is 8.74. The SMILES string of the molecule is C[C@@H]1C[C@H]1c1cc(NC(=O)c2cccnc2)n[nH]1. The van der Waals surface area contributed by atoms with Crippen LogP contribution in [0.1, 0.15) is 35.3 Å². The summed E-state index contributed by atoms with van der Waals surface area (Å²) >= 11 is 0. The van der Waals surface area contributed by atoms with Crippen LogP contribution in [-0.4, -0.2) is 21.1 Å². The number of rotatable bonds is 3. The summed E-state index contributed by atoms with van der Waals surface area (Å²) in [6.45, 7) is 2.21. The molecule has 1 saturated carbocycles. The van der Waals surface area contributed by atoms with Crippen LogP contribution < -0.4 is 5.32 Å². The van der Waals surface area contributed by atoms with Crippen LogP contribution in [0.5, 0.6) is 0 Å². The molecule has 0 saturated heterocycles. The molecule has 0 unspecified atom stereocenters. The Morgan fingerprint density at radius 2 is 2.39 bits per heavy atom. The van der Waals surface area contributed by atoms with Crippen LogP contribution in [0.15, 0.2) is 30.6 Å². The van der Waals surface area contributed by atoms with Crippen molar-refractivity contribution in [2.75, 3.05) is 5.32 Å². The number of amides is 1. The second kappa shape index (κ2) is 4.25. The van der Waals surface area contributed by atoms with E-state index in [-0.39, 0.29) is 5.91 Å². The summed E-state index contributed by atoms with van der Waals surface area (Å²) in [5.41, 5.74) is 1.63. The zero-order valence-corrected chi connectivity index (χ0v) is 10.1. The fourth-order valence-electron chi connectivity index (χ4n) is 2.03. The first-order valence-electron chi connectivity index (χ1n) is 6.00. The molecule has 2 heterocycles. The van der Waals surface area contributed by atoms with Crippen molar-refractivity contribution in [2.24, 2.45) is 5.92 Å². The molecular formula is C13H14N4O. The van der Waals surface area contributed by atoms with Gasteiger partial charge in [0, 0.05) is 30.1 Å². The molecule has 0 radical (unpaired) electrons. The lowest BCUT2D eigenvalue weighted by atomic mass is 10.2. The van der Waals surface area contributed by atoms with Crippen molar-refractivity contribution < 1.29 is 4.79 Å². The smallest absolute Gasteiger partial charge is 0.258 e. The highest BCUT2D eigenvalue weighted by molar-refractivity contribution is 6.03. The van der Waals surface area contributed by atoms with Gasteiger partial charge < -0.3 is 5.32 Å². The summed E-state index contributed by atoms with van der Waals surface area (Å²) in [5, 5.41) is 9.83. The van der Waals surface area contributed by atoms with Crippen molar-refractivity contribution in [3.05, 3.63) is 41.9 Å². The van der Waals surface area contributed by atoms with Gasteiger partial charge in [-0.3, -0.25) is 14.9 Å². The van der Waals surface area contributed by atoms with E-state index in [1.807, 2.05) is 6.07 Å². The molecule has 2 aromatic heterocycles. The number of nitrogens with zero attached hydrogens (tertiary/aromatic N) is 2. The minimum absolute atomic E-state index is 0.190. The third kappa shape index (κ3) is 2.11. The molecular weight excluding hydrogens is 228 g/mol. The molecule has 1 fully saturated rings. The van der Waals surface area contributed by atoms with E-state index in [2.05, 4.69) is 27.4 Å². The number of nitrogens with one attached hydrogen (secondary N) is 2. The van der Waals surface area contributed by atoms with Gasteiger partial charge in [-0.2, -0.15) is 5.10 Å². The van der Waals surface area contributed by atoms with Gasteiger partial charge in [0.15, 0.2) is 5.82 Å². The summed E-state index contributed by atoms with van der Waals surface area (Å²) in [7, 11) is 0. The number of hydrogen-bond donors (Lipinski definition) is 2. The lowest BCUT2D eigenvalue weighted by Crippen LogP contribution is -2.12. The molecule has 2 N–H and O–H groups in total. The highest BCUT2D eigenvalue weighted by Gasteiger charge is 2.35. The molecule has 92 valence electrons. The molecule has 1 aliphatic carbocycles. The first-order valence-corrected chi connectivity index (χ1v) is 6.00. The highest BCUT2D eigenvalue weighted by Crippen LogP contribution is 2.46.